The van der Waals surface area contributed by atoms with Gasteiger partial charge in [0, 0.05) is 25.4 Å². The van der Waals surface area contributed by atoms with Crippen LogP contribution in [0.25, 0.3) is 0 Å². The quantitative estimate of drug-likeness (QED) is 0.903. The maximum absolute atomic E-state index is 4.69. The third-order valence-corrected chi connectivity index (χ3v) is 3.71. The summed E-state index contributed by atoms with van der Waals surface area (Å²) in [6, 6.07) is 3.99. The molecular weight excluding hydrogens is 316 g/mol. The Bertz CT molecular complexity index is 570. The van der Waals surface area contributed by atoms with E-state index in [0.29, 0.717) is 12.3 Å². The number of halogens is 1. The summed E-state index contributed by atoms with van der Waals surface area (Å²) in [5, 5.41) is 3.29. The van der Waals surface area contributed by atoms with Gasteiger partial charge in [-0.3, -0.25) is 4.98 Å². The number of hydrogen-bond donors (Lipinski definition) is 1. The first-order valence-electron chi connectivity index (χ1n) is 6.80. The Kier molecular flexibility index (Phi) is 5.06. The molecule has 0 spiro atoms. The van der Waals surface area contributed by atoms with E-state index in [1.165, 1.54) is 5.56 Å². The van der Waals surface area contributed by atoms with E-state index >= 15 is 0 Å². The Labute approximate surface area is 128 Å². The number of anilines is 1. The zero-order chi connectivity index (χ0) is 14.5. The lowest BCUT2D eigenvalue weighted by Gasteiger charge is -2.14. The highest BCUT2D eigenvalue weighted by atomic mass is 79.9. The normalized spacial score (nSPS) is 10.8. The summed E-state index contributed by atoms with van der Waals surface area (Å²) in [5.74, 6) is 2.05. The molecule has 0 saturated carbocycles. The van der Waals surface area contributed by atoms with Crippen LogP contribution in [0, 0.1) is 0 Å². The molecule has 0 aliphatic rings. The van der Waals surface area contributed by atoms with Crippen LogP contribution in [0.3, 0.4) is 0 Å². The Morgan fingerprint density at radius 2 is 1.90 bits per heavy atom. The third kappa shape index (κ3) is 3.54. The Hall–Kier alpha value is -1.49. The van der Waals surface area contributed by atoms with Crippen LogP contribution in [0.15, 0.2) is 29.0 Å². The van der Waals surface area contributed by atoms with Gasteiger partial charge in [0.25, 0.3) is 0 Å². The van der Waals surface area contributed by atoms with Gasteiger partial charge in [-0.05, 0) is 46.5 Å². The first kappa shape index (κ1) is 14.9. The SMILES string of the molecule is CCNc1nc(Cc2ccncc2)nc(C(C)C)c1Br. The smallest absolute Gasteiger partial charge is 0.144 e. The lowest BCUT2D eigenvalue weighted by Crippen LogP contribution is -2.09. The van der Waals surface area contributed by atoms with Gasteiger partial charge in [0.1, 0.15) is 11.6 Å². The first-order chi connectivity index (χ1) is 9.61. The maximum Gasteiger partial charge on any atom is 0.144 e. The van der Waals surface area contributed by atoms with Crippen molar-refractivity contribution in [3.8, 4) is 0 Å². The van der Waals surface area contributed by atoms with Crippen LogP contribution in [0.2, 0.25) is 0 Å². The van der Waals surface area contributed by atoms with E-state index in [4.69, 9.17) is 4.98 Å². The van der Waals surface area contributed by atoms with Crippen LogP contribution in [-0.2, 0) is 6.42 Å². The van der Waals surface area contributed by atoms with Crippen LogP contribution in [0.1, 0.15) is 43.8 Å². The van der Waals surface area contributed by atoms with Gasteiger partial charge in [0.05, 0.1) is 10.2 Å². The predicted octanol–water partition coefficient (Wildman–Crippen LogP) is 3.78. The molecule has 20 heavy (non-hydrogen) atoms. The number of pyridine rings is 1. The van der Waals surface area contributed by atoms with Crippen molar-refractivity contribution < 1.29 is 0 Å². The van der Waals surface area contributed by atoms with Crippen molar-refractivity contribution in [3.63, 3.8) is 0 Å². The molecule has 2 aromatic heterocycles. The average Bonchev–Trinajstić information content (AvgIpc) is 2.43. The van der Waals surface area contributed by atoms with Gasteiger partial charge >= 0.3 is 0 Å². The summed E-state index contributed by atoms with van der Waals surface area (Å²) in [7, 11) is 0. The molecule has 0 fully saturated rings. The number of rotatable bonds is 5. The van der Waals surface area contributed by atoms with Crippen molar-refractivity contribution in [2.45, 2.75) is 33.1 Å². The largest absolute Gasteiger partial charge is 0.369 e. The molecule has 0 unspecified atom stereocenters. The summed E-state index contributed by atoms with van der Waals surface area (Å²) < 4.78 is 0.966. The van der Waals surface area contributed by atoms with Crippen molar-refractivity contribution in [1.29, 1.82) is 0 Å². The summed E-state index contributed by atoms with van der Waals surface area (Å²) in [4.78, 5) is 13.3. The van der Waals surface area contributed by atoms with Crippen molar-refractivity contribution in [2.24, 2.45) is 0 Å². The Morgan fingerprint density at radius 3 is 2.50 bits per heavy atom. The minimum Gasteiger partial charge on any atom is -0.369 e. The Balaban J connectivity index is 2.37. The standard InChI is InChI=1S/C15H19BrN4/c1-4-18-15-13(16)14(10(2)3)19-12(20-15)9-11-5-7-17-8-6-11/h5-8,10H,4,9H2,1-3H3,(H,18,19,20). The van der Waals surface area contributed by atoms with Crippen LogP contribution >= 0.6 is 15.9 Å². The summed E-state index contributed by atoms with van der Waals surface area (Å²) >= 11 is 3.60. The predicted molar refractivity (Wildman–Crippen MR) is 85.0 cm³/mol. The van der Waals surface area contributed by atoms with Gasteiger partial charge in [0.15, 0.2) is 0 Å². The second kappa shape index (κ2) is 6.79. The van der Waals surface area contributed by atoms with Crippen molar-refractivity contribution >= 4 is 21.7 Å². The number of nitrogens with one attached hydrogen (secondary N) is 1. The van der Waals surface area contributed by atoms with Crippen LogP contribution in [0.4, 0.5) is 5.82 Å². The molecule has 2 aromatic rings. The van der Waals surface area contributed by atoms with Gasteiger partial charge in [-0.1, -0.05) is 13.8 Å². The summed E-state index contributed by atoms with van der Waals surface area (Å²) in [5.41, 5.74) is 2.21. The van der Waals surface area contributed by atoms with Gasteiger partial charge < -0.3 is 5.32 Å². The third-order valence-electron chi connectivity index (χ3n) is 2.93. The molecular formula is C15H19BrN4. The maximum atomic E-state index is 4.69. The van der Waals surface area contributed by atoms with Crippen molar-refractivity contribution in [3.05, 3.63) is 46.1 Å². The molecule has 5 heteroatoms. The minimum absolute atomic E-state index is 0.348. The van der Waals surface area contributed by atoms with Crippen LogP contribution < -0.4 is 5.32 Å². The lowest BCUT2D eigenvalue weighted by atomic mass is 10.1. The fourth-order valence-electron chi connectivity index (χ4n) is 1.94. The van der Waals surface area contributed by atoms with E-state index in [9.17, 15) is 0 Å². The molecule has 0 aromatic carbocycles. The second-order valence-electron chi connectivity index (χ2n) is 4.90. The highest BCUT2D eigenvalue weighted by Crippen LogP contribution is 2.29. The highest BCUT2D eigenvalue weighted by molar-refractivity contribution is 9.10. The number of hydrogen-bond acceptors (Lipinski definition) is 4. The molecule has 2 heterocycles. The van der Waals surface area contributed by atoms with Gasteiger partial charge in [-0.2, -0.15) is 0 Å². The van der Waals surface area contributed by atoms with Crippen molar-refractivity contribution in [2.75, 3.05) is 11.9 Å². The van der Waals surface area contributed by atoms with E-state index in [0.717, 1.165) is 28.4 Å². The van der Waals surface area contributed by atoms with E-state index in [-0.39, 0.29) is 0 Å². The summed E-state index contributed by atoms with van der Waals surface area (Å²) in [6.07, 6.45) is 4.30. The molecule has 0 aliphatic heterocycles. The molecule has 2 rings (SSSR count). The molecule has 106 valence electrons. The zero-order valence-electron chi connectivity index (χ0n) is 12.0. The molecule has 0 amide bonds. The number of aromatic nitrogens is 3. The van der Waals surface area contributed by atoms with E-state index in [2.05, 4.69) is 52.0 Å². The molecule has 0 radical (unpaired) electrons. The molecule has 4 nitrogen and oxygen atoms in total. The fraction of sp³-hybridized carbons (Fsp3) is 0.400. The molecule has 0 aliphatic carbocycles. The molecule has 1 N–H and O–H groups in total. The molecule has 0 saturated heterocycles. The van der Waals surface area contributed by atoms with Gasteiger partial charge in [-0.25, -0.2) is 9.97 Å². The van der Waals surface area contributed by atoms with Crippen LogP contribution in [0.5, 0.6) is 0 Å². The topological polar surface area (TPSA) is 50.7 Å². The molecule has 0 bridgehead atoms. The van der Waals surface area contributed by atoms with E-state index < -0.39 is 0 Å². The summed E-state index contributed by atoms with van der Waals surface area (Å²) in [6.45, 7) is 7.17. The minimum atomic E-state index is 0.348. The van der Waals surface area contributed by atoms with E-state index in [1.54, 1.807) is 12.4 Å². The number of nitrogens with zero attached hydrogens (tertiary/aromatic N) is 3. The first-order valence-corrected chi connectivity index (χ1v) is 7.60. The van der Waals surface area contributed by atoms with E-state index in [1.807, 2.05) is 12.1 Å². The lowest BCUT2D eigenvalue weighted by molar-refractivity contribution is 0.784. The monoisotopic (exact) mass is 334 g/mol. The highest BCUT2D eigenvalue weighted by Gasteiger charge is 2.14. The average molecular weight is 335 g/mol. The zero-order valence-corrected chi connectivity index (χ0v) is 13.6. The fourth-order valence-corrected chi connectivity index (χ4v) is 2.72. The molecule has 0 atom stereocenters. The second-order valence-corrected chi connectivity index (χ2v) is 5.70. The van der Waals surface area contributed by atoms with Gasteiger partial charge in [-0.15, -0.1) is 0 Å². The van der Waals surface area contributed by atoms with Gasteiger partial charge in [0.2, 0.25) is 0 Å². The van der Waals surface area contributed by atoms with Crippen LogP contribution in [-0.4, -0.2) is 21.5 Å². The van der Waals surface area contributed by atoms with Crippen molar-refractivity contribution in [1.82, 2.24) is 15.0 Å². The Morgan fingerprint density at radius 1 is 1.20 bits per heavy atom.